The maximum Gasteiger partial charge on any atom is 0.227 e. The van der Waals surface area contributed by atoms with E-state index in [1.54, 1.807) is 12.1 Å². The summed E-state index contributed by atoms with van der Waals surface area (Å²) >= 11 is 1.42. The van der Waals surface area contributed by atoms with Gasteiger partial charge in [0.15, 0.2) is 0 Å². The summed E-state index contributed by atoms with van der Waals surface area (Å²) in [5.74, 6) is 0.187. The first kappa shape index (κ1) is 14.3. The molecule has 2 rings (SSSR count). The molecule has 0 bridgehead atoms. The predicted molar refractivity (Wildman–Crippen MR) is 81.8 cm³/mol. The molecule has 0 fully saturated rings. The number of phenols is 1. The molecule has 104 valence electrons. The van der Waals surface area contributed by atoms with Crippen LogP contribution in [0.3, 0.4) is 0 Å². The number of thioether (sulfide) groups is 1. The van der Waals surface area contributed by atoms with Gasteiger partial charge in [-0.25, -0.2) is 0 Å². The lowest BCUT2D eigenvalue weighted by atomic mass is 10.2. The molecule has 0 aliphatic heterocycles. The van der Waals surface area contributed by atoms with Crippen molar-refractivity contribution in [2.24, 2.45) is 5.73 Å². The van der Waals surface area contributed by atoms with Crippen molar-refractivity contribution in [3.63, 3.8) is 0 Å². The first-order valence-electron chi connectivity index (χ1n) is 6.17. The second-order valence-electron chi connectivity index (χ2n) is 4.27. The number of para-hydroxylation sites is 1. The standard InChI is InChI=1S/C15H16N2O2S/c16-15(19)10-20-14-4-2-1-3-13(14)17-9-11-5-7-12(18)8-6-11/h1-8,17-18H,9-10H2,(H2,16,19). The van der Waals surface area contributed by atoms with Gasteiger partial charge in [-0.3, -0.25) is 4.79 Å². The Morgan fingerprint density at radius 1 is 1.15 bits per heavy atom. The van der Waals surface area contributed by atoms with Crippen molar-refractivity contribution >= 4 is 23.4 Å². The number of phenolic OH excluding ortho intramolecular Hbond substituents is 1. The van der Waals surface area contributed by atoms with Gasteiger partial charge in [0.2, 0.25) is 5.91 Å². The monoisotopic (exact) mass is 288 g/mol. The molecule has 2 aromatic carbocycles. The number of primary amides is 1. The van der Waals surface area contributed by atoms with Gasteiger partial charge >= 0.3 is 0 Å². The van der Waals surface area contributed by atoms with Crippen LogP contribution < -0.4 is 11.1 Å². The van der Waals surface area contributed by atoms with E-state index >= 15 is 0 Å². The lowest BCUT2D eigenvalue weighted by Gasteiger charge is -2.11. The lowest BCUT2D eigenvalue weighted by Crippen LogP contribution is -2.13. The van der Waals surface area contributed by atoms with E-state index in [-0.39, 0.29) is 17.4 Å². The van der Waals surface area contributed by atoms with E-state index in [2.05, 4.69) is 5.32 Å². The predicted octanol–water partition coefficient (Wildman–Crippen LogP) is 2.58. The van der Waals surface area contributed by atoms with Crippen molar-refractivity contribution in [1.82, 2.24) is 0 Å². The Bertz CT molecular complexity index is 585. The molecule has 0 heterocycles. The summed E-state index contributed by atoms with van der Waals surface area (Å²) in [7, 11) is 0. The first-order valence-corrected chi connectivity index (χ1v) is 7.15. The molecule has 0 saturated carbocycles. The van der Waals surface area contributed by atoms with Gasteiger partial charge in [-0.1, -0.05) is 24.3 Å². The fraction of sp³-hybridized carbons (Fsp3) is 0.133. The van der Waals surface area contributed by atoms with Gasteiger partial charge in [-0.05, 0) is 29.8 Å². The van der Waals surface area contributed by atoms with Crippen LogP contribution >= 0.6 is 11.8 Å². The molecule has 0 aliphatic carbocycles. The third-order valence-corrected chi connectivity index (χ3v) is 3.77. The number of carbonyl (C=O) groups is 1. The van der Waals surface area contributed by atoms with E-state index in [0.717, 1.165) is 16.1 Å². The summed E-state index contributed by atoms with van der Waals surface area (Å²) in [5.41, 5.74) is 7.20. The molecule has 4 N–H and O–H groups in total. The van der Waals surface area contributed by atoms with Crippen molar-refractivity contribution in [2.45, 2.75) is 11.4 Å². The summed E-state index contributed by atoms with van der Waals surface area (Å²) in [6.45, 7) is 0.647. The Labute approximate surface area is 122 Å². The van der Waals surface area contributed by atoms with E-state index in [1.165, 1.54) is 11.8 Å². The largest absolute Gasteiger partial charge is 0.508 e. The third-order valence-electron chi connectivity index (χ3n) is 2.68. The first-order chi connectivity index (χ1) is 9.65. The average molecular weight is 288 g/mol. The number of rotatable bonds is 6. The van der Waals surface area contributed by atoms with Gasteiger partial charge in [0.05, 0.1) is 5.75 Å². The van der Waals surface area contributed by atoms with Crippen molar-refractivity contribution in [2.75, 3.05) is 11.1 Å². The maximum atomic E-state index is 10.9. The molecule has 0 atom stereocenters. The summed E-state index contributed by atoms with van der Waals surface area (Å²) in [5, 5.41) is 12.6. The molecule has 0 aliphatic rings. The van der Waals surface area contributed by atoms with E-state index in [4.69, 9.17) is 5.73 Å². The summed E-state index contributed by atoms with van der Waals surface area (Å²) in [6, 6.07) is 14.8. The van der Waals surface area contributed by atoms with Crippen molar-refractivity contribution in [3.05, 3.63) is 54.1 Å². The number of aromatic hydroxyl groups is 1. The topological polar surface area (TPSA) is 75.4 Å². The molecule has 2 aromatic rings. The highest BCUT2D eigenvalue weighted by Gasteiger charge is 2.04. The van der Waals surface area contributed by atoms with Crippen LogP contribution in [0, 0.1) is 0 Å². The van der Waals surface area contributed by atoms with Crippen LogP contribution in [0.1, 0.15) is 5.56 Å². The fourth-order valence-corrected chi connectivity index (χ4v) is 2.47. The van der Waals surface area contributed by atoms with E-state index in [0.29, 0.717) is 6.54 Å². The lowest BCUT2D eigenvalue weighted by molar-refractivity contribution is -0.115. The van der Waals surface area contributed by atoms with Crippen LogP contribution in [0.25, 0.3) is 0 Å². The molecule has 20 heavy (non-hydrogen) atoms. The molecule has 0 unspecified atom stereocenters. The number of anilines is 1. The zero-order valence-corrected chi connectivity index (χ0v) is 11.7. The second kappa shape index (κ2) is 6.86. The van der Waals surface area contributed by atoms with E-state index in [9.17, 15) is 9.90 Å². The van der Waals surface area contributed by atoms with Crippen molar-refractivity contribution < 1.29 is 9.90 Å². The highest BCUT2D eigenvalue weighted by atomic mass is 32.2. The van der Waals surface area contributed by atoms with Crippen LogP contribution in [-0.2, 0) is 11.3 Å². The number of carbonyl (C=O) groups excluding carboxylic acids is 1. The van der Waals surface area contributed by atoms with Gasteiger partial charge in [0.25, 0.3) is 0 Å². The van der Waals surface area contributed by atoms with Crippen molar-refractivity contribution in [1.29, 1.82) is 0 Å². The molecular weight excluding hydrogens is 272 g/mol. The molecule has 0 saturated heterocycles. The third kappa shape index (κ3) is 4.20. The number of nitrogens with one attached hydrogen (secondary N) is 1. The van der Waals surface area contributed by atoms with Crippen LogP contribution in [0.15, 0.2) is 53.4 Å². The summed E-state index contributed by atoms with van der Waals surface area (Å²) in [4.78, 5) is 11.8. The molecule has 0 aromatic heterocycles. The Balaban J connectivity index is 2.01. The van der Waals surface area contributed by atoms with Crippen LogP contribution in [0.5, 0.6) is 5.75 Å². The Morgan fingerprint density at radius 2 is 1.85 bits per heavy atom. The molecule has 4 nitrogen and oxygen atoms in total. The van der Waals surface area contributed by atoms with Gasteiger partial charge in [-0.15, -0.1) is 11.8 Å². The Kier molecular flexibility index (Phi) is 4.90. The minimum absolute atomic E-state index is 0.256. The molecular formula is C15H16N2O2S. The average Bonchev–Trinajstić information content (AvgIpc) is 2.45. The molecule has 5 heteroatoms. The fourth-order valence-electron chi connectivity index (χ4n) is 1.70. The van der Waals surface area contributed by atoms with Crippen molar-refractivity contribution in [3.8, 4) is 5.75 Å². The van der Waals surface area contributed by atoms with Crippen LogP contribution in [0.4, 0.5) is 5.69 Å². The highest BCUT2D eigenvalue weighted by molar-refractivity contribution is 8.00. The summed E-state index contributed by atoms with van der Waals surface area (Å²) < 4.78 is 0. The number of hydrogen-bond donors (Lipinski definition) is 3. The molecule has 0 spiro atoms. The zero-order valence-electron chi connectivity index (χ0n) is 10.9. The van der Waals surface area contributed by atoms with Gasteiger partial charge < -0.3 is 16.2 Å². The SMILES string of the molecule is NC(=O)CSc1ccccc1NCc1ccc(O)cc1. The number of benzene rings is 2. The van der Waals surface area contributed by atoms with Gasteiger partial charge in [0, 0.05) is 17.1 Å². The maximum absolute atomic E-state index is 10.9. The van der Waals surface area contributed by atoms with Gasteiger partial charge in [-0.2, -0.15) is 0 Å². The van der Waals surface area contributed by atoms with Crippen LogP contribution in [-0.4, -0.2) is 16.8 Å². The normalized spacial score (nSPS) is 10.2. The minimum Gasteiger partial charge on any atom is -0.508 e. The van der Waals surface area contributed by atoms with Gasteiger partial charge in [0.1, 0.15) is 5.75 Å². The molecule has 1 amide bonds. The number of nitrogens with two attached hydrogens (primary N) is 1. The van der Waals surface area contributed by atoms with Crippen LogP contribution in [0.2, 0.25) is 0 Å². The summed E-state index contributed by atoms with van der Waals surface area (Å²) in [6.07, 6.45) is 0. The quantitative estimate of drug-likeness (QED) is 0.714. The smallest absolute Gasteiger partial charge is 0.227 e. The van der Waals surface area contributed by atoms with E-state index < -0.39 is 0 Å². The Morgan fingerprint density at radius 3 is 2.55 bits per heavy atom. The van der Waals surface area contributed by atoms with E-state index in [1.807, 2.05) is 36.4 Å². The second-order valence-corrected chi connectivity index (χ2v) is 5.29. The number of hydrogen-bond acceptors (Lipinski definition) is 4. The Hall–Kier alpha value is -2.14. The number of amides is 1. The zero-order chi connectivity index (χ0) is 14.4. The minimum atomic E-state index is -0.330. The molecule has 0 radical (unpaired) electrons. The highest BCUT2D eigenvalue weighted by Crippen LogP contribution is 2.27.